The normalized spacial score (nSPS) is 12.3. The van der Waals surface area contributed by atoms with Gasteiger partial charge in [0, 0.05) is 19.3 Å². The number of allylic oxidation sites excluding steroid dienone is 8. The van der Waals surface area contributed by atoms with E-state index < -0.39 is 6.10 Å². The molecule has 0 aromatic heterocycles. The maximum atomic E-state index is 12.9. The lowest BCUT2D eigenvalue weighted by Gasteiger charge is -2.18. The van der Waals surface area contributed by atoms with Crippen LogP contribution in [0.2, 0.25) is 0 Å². The number of carbonyl (C=O) groups excluding carboxylic acids is 3. The molecule has 6 nitrogen and oxygen atoms in total. The van der Waals surface area contributed by atoms with Gasteiger partial charge in [-0.3, -0.25) is 14.4 Å². The second-order valence-electron chi connectivity index (χ2n) is 23.4. The second kappa shape index (κ2) is 66.9. The van der Waals surface area contributed by atoms with E-state index in [-0.39, 0.29) is 31.1 Å². The minimum absolute atomic E-state index is 0.0716. The summed E-state index contributed by atoms with van der Waals surface area (Å²) in [6.07, 6.45) is 84.1. The summed E-state index contributed by atoms with van der Waals surface area (Å²) in [5.41, 5.74) is 0. The van der Waals surface area contributed by atoms with Crippen molar-refractivity contribution in [2.75, 3.05) is 13.2 Å². The van der Waals surface area contributed by atoms with E-state index in [2.05, 4.69) is 69.4 Å². The van der Waals surface area contributed by atoms with Crippen molar-refractivity contribution in [1.82, 2.24) is 0 Å². The van der Waals surface area contributed by atoms with E-state index in [1.165, 1.54) is 263 Å². The van der Waals surface area contributed by atoms with Gasteiger partial charge in [0.1, 0.15) is 13.2 Å². The Balaban J connectivity index is 4.32. The molecule has 0 rings (SSSR count). The zero-order valence-electron chi connectivity index (χ0n) is 52.5. The van der Waals surface area contributed by atoms with Gasteiger partial charge in [-0.05, 0) is 83.5 Å². The van der Waals surface area contributed by atoms with Crippen LogP contribution in [0.1, 0.15) is 374 Å². The quantitative estimate of drug-likeness (QED) is 0.0261. The van der Waals surface area contributed by atoms with Crippen LogP contribution < -0.4 is 0 Å². The lowest BCUT2D eigenvalue weighted by molar-refractivity contribution is -0.167. The number of carbonyl (C=O) groups is 3. The lowest BCUT2D eigenvalue weighted by Crippen LogP contribution is -2.30. The van der Waals surface area contributed by atoms with Crippen molar-refractivity contribution in [3.05, 3.63) is 48.6 Å². The largest absolute Gasteiger partial charge is 0.462 e. The predicted molar refractivity (Wildman–Crippen MR) is 339 cm³/mol. The molecule has 0 aromatic rings. The first-order valence-electron chi connectivity index (χ1n) is 34.6. The smallest absolute Gasteiger partial charge is 0.306 e. The molecule has 78 heavy (non-hydrogen) atoms. The van der Waals surface area contributed by atoms with Crippen molar-refractivity contribution in [3.8, 4) is 0 Å². The minimum atomic E-state index is -0.776. The van der Waals surface area contributed by atoms with Gasteiger partial charge in [-0.2, -0.15) is 0 Å². The van der Waals surface area contributed by atoms with E-state index in [0.29, 0.717) is 19.3 Å². The topological polar surface area (TPSA) is 78.9 Å². The minimum Gasteiger partial charge on any atom is -0.462 e. The van der Waals surface area contributed by atoms with Gasteiger partial charge < -0.3 is 14.2 Å². The molecule has 456 valence electrons. The Morgan fingerprint density at radius 1 is 0.256 bits per heavy atom. The number of hydrogen-bond donors (Lipinski definition) is 0. The Bertz CT molecular complexity index is 1350. The third kappa shape index (κ3) is 64.2. The zero-order chi connectivity index (χ0) is 56.4. The lowest BCUT2D eigenvalue weighted by atomic mass is 10.0. The monoisotopic (exact) mass is 1090 g/mol. The molecule has 1 atom stereocenters. The van der Waals surface area contributed by atoms with Crippen molar-refractivity contribution < 1.29 is 28.6 Å². The van der Waals surface area contributed by atoms with Crippen molar-refractivity contribution in [3.63, 3.8) is 0 Å². The molecular weight excluding hydrogens is 961 g/mol. The standard InChI is InChI=1S/C72H132O6/c1-4-7-10-13-16-19-22-25-28-31-33-34-35-36-37-38-39-42-44-47-50-53-56-59-62-65-71(74)77-68-69(67-76-70(73)64-61-58-55-52-49-46-43-40-30-27-24-21-18-15-12-9-6-3)78-72(75)66-63-60-57-54-51-48-45-41-32-29-26-23-20-17-14-11-8-5-2/h22,25,29,31-33,35-36,69H,4-21,23-24,26-28,30,34,37-68H2,1-3H3/b25-22-,32-29-,33-31-,36-35-. The Hall–Kier alpha value is -2.63. The van der Waals surface area contributed by atoms with Crippen molar-refractivity contribution in [2.24, 2.45) is 0 Å². The number of ether oxygens (including phenoxy) is 3. The van der Waals surface area contributed by atoms with E-state index in [9.17, 15) is 14.4 Å². The maximum Gasteiger partial charge on any atom is 0.306 e. The van der Waals surface area contributed by atoms with Crippen molar-refractivity contribution in [2.45, 2.75) is 380 Å². The first-order valence-corrected chi connectivity index (χ1v) is 34.6. The van der Waals surface area contributed by atoms with Crippen LogP contribution in [0.5, 0.6) is 0 Å². The van der Waals surface area contributed by atoms with E-state index >= 15 is 0 Å². The van der Waals surface area contributed by atoms with Gasteiger partial charge in [0.2, 0.25) is 0 Å². The van der Waals surface area contributed by atoms with Crippen LogP contribution in [-0.2, 0) is 28.6 Å². The SMILES string of the molecule is CCCCCCC/C=C\C/C=C\C/C=C\CCCCCCCCCCCCC(=O)OCC(COC(=O)CCCCCCCCCCCCCCCCCCC)OC(=O)CCCCCCCCC/C=C\CCCCCCCCC. The highest BCUT2D eigenvalue weighted by Gasteiger charge is 2.19. The van der Waals surface area contributed by atoms with Crippen LogP contribution in [-0.4, -0.2) is 37.2 Å². The molecule has 0 saturated carbocycles. The fourth-order valence-electron chi connectivity index (χ4n) is 10.3. The van der Waals surface area contributed by atoms with Crippen LogP contribution in [0.25, 0.3) is 0 Å². The highest BCUT2D eigenvalue weighted by Crippen LogP contribution is 2.18. The molecule has 0 aromatic carbocycles. The molecule has 0 fully saturated rings. The summed E-state index contributed by atoms with van der Waals surface area (Å²) in [5, 5.41) is 0. The van der Waals surface area contributed by atoms with Gasteiger partial charge in [-0.1, -0.05) is 320 Å². The van der Waals surface area contributed by atoms with Gasteiger partial charge >= 0.3 is 17.9 Å². The first-order chi connectivity index (χ1) is 38.5. The summed E-state index contributed by atoms with van der Waals surface area (Å²) in [6, 6.07) is 0. The van der Waals surface area contributed by atoms with Crippen LogP contribution in [0.15, 0.2) is 48.6 Å². The van der Waals surface area contributed by atoms with E-state index in [1.807, 2.05) is 0 Å². The predicted octanol–water partition coefficient (Wildman–Crippen LogP) is 23.7. The fourth-order valence-corrected chi connectivity index (χ4v) is 10.3. The molecule has 6 heteroatoms. The van der Waals surface area contributed by atoms with Crippen LogP contribution >= 0.6 is 0 Å². The summed E-state index contributed by atoms with van der Waals surface area (Å²) in [4.78, 5) is 38.4. The number of unbranched alkanes of at least 4 members (excludes halogenated alkanes) is 45. The Labute approximate surface area is 486 Å². The number of esters is 3. The maximum absolute atomic E-state index is 12.9. The molecule has 0 amide bonds. The number of hydrogen-bond acceptors (Lipinski definition) is 6. The average Bonchev–Trinajstić information content (AvgIpc) is 3.44. The molecule has 0 aliphatic heterocycles. The van der Waals surface area contributed by atoms with Gasteiger partial charge in [-0.25, -0.2) is 0 Å². The first kappa shape index (κ1) is 75.4. The second-order valence-corrected chi connectivity index (χ2v) is 23.4. The zero-order valence-corrected chi connectivity index (χ0v) is 52.5. The summed E-state index contributed by atoms with van der Waals surface area (Å²) in [6.45, 7) is 6.69. The van der Waals surface area contributed by atoms with Crippen molar-refractivity contribution in [1.29, 1.82) is 0 Å². The van der Waals surface area contributed by atoms with Crippen LogP contribution in [0.4, 0.5) is 0 Å². The third-order valence-corrected chi connectivity index (χ3v) is 15.6. The molecule has 0 aliphatic rings. The summed E-state index contributed by atoms with van der Waals surface area (Å²) < 4.78 is 17.0. The highest BCUT2D eigenvalue weighted by molar-refractivity contribution is 5.71. The summed E-state index contributed by atoms with van der Waals surface area (Å²) in [7, 11) is 0. The van der Waals surface area contributed by atoms with Crippen LogP contribution in [0.3, 0.4) is 0 Å². The molecule has 0 aliphatic carbocycles. The molecule has 0 N–H and O–H groups in total. The average molecular weight is 1090 g/mol. The van der Waals surface area contributed by atoms with Crippen LogP contribution in [0, 0.1) is 0 Å². The van der Waals surface area contributed by atoms with Crippen molar-refractivity contribution >= 4 is 17.9 Å². The van der Waals surface area contributed by atoms with E-state index in [4.69, 9.17) is 14.2 Å². The summed E-state index contributed by atoms with van der Waals surface area (Å²) in [5.74, 6) is -0.854. The number of rotatable bonds is 64. The van der Waals surface area contributed by atoms with Gasteiger partial charge in [-0.15, -0.1) is 0 Å². The fraction of sp³-hybridized carbons (Fsp3) is 0.847. The molecule has 0 spiro atoms. The molecule has 0 radical (unpaired) electrons. The van der Waals surface area contributed by atoms with E-state index in [0.717, 1.165) is 70.6 Å². The highest BCUT2D eigenvalue weighted by atomic mass is 16.6. The molecule has 0 bridgehead atoms. The van der Waals surface area contributed by atoms with E-state index in [1.54, 1.807) is 0 Å². The Kier molecular flexibility index (Phi) is 64.6. The molecule has 0 saturated heterocycles. The van der Waals surface area contributed by atoms with Gasteiger partial charge in [0.25, 0.3) is 0 Å². The molecule has 0 heterocycles. The third-order valence-electron chi connectivity index (χ3n) is 15.6. The molecule has 1 unspecified atom stereocenters. The Morgan fingerprint density at radius 2 is 0.462 bits per heavy atom. The van der Waals surface area contributed by atoms with Gasteiger partial charge in [0.05, 0.1) is 0 Å². The summed E-state index contributed by atoms with van der Waals surface area (Å²) >= 11 is 0. The Morgan fingerprint density at radius 3 is 0.731 bits per heavy atom. The van der Waals surface area contributed by atoms with Gasteiger partial charge in [0.15, 0.2) is 6.10 Å². The molecular formula is C72H132O6.